The molecule has 4 heteroatoms. The molecule has 0 fully saturated rings. The van der Waals surface area contributed by atoms with E-state index >= 15 is 0 Å². The summed E-state index contributed by atoms with van der Waals surface area (Å²) in [5, 5.41) is 5.87. The van der Waals surface area contributed by atoms with Crippen LogP contribution in [0.1, 0.15) is 33.6 Å². The van der Waals surface area contributed by atoms with Crippen molar-refractivity contribution in [2.75, 3.05) is 0 Å². The number of hydrogen-bond donors (Lipinski definition) is 0. The zero-order chi connectivity index (χ0) is 16.3. The number of pyridine rings is 1. The topological polar surface area (TPSA) is 43.3 Å². The molecule has 23 heavy (non-hydrogen) atoms. The van der Waals surface area contributed by atoms with E-state index in [1.807, 2.05) is 36.4 Å². The van der Waals surface area contributed by atoms with E-state index in [9.17, 15) is 0 Å². The van der Waals surface area contributed by atoms with E-state index in [0.717, 1.165) is 22.9 Å². The minimum Gasteiger partial charge on any atom is -0.354 e. The summed E-state index contributed by atoms with van der Waals surface area (Å²) in [5.41, 5.74) is 1.16. The molecule has 0 amide bonds. The minimum absolute atomic E-state index is 0.393. The van der Waals surface area contributed by atoms with Crippen LogP contribution < -0.4 is 5.36 Å². The van der Waals surface area contributed by atoms with Crippen LogP contribution in [0, 0.1) is 5.41 Å². The van der Waals surface area contributed by atoms with Gasteiger partial charge < -0.3 is 9.09 Å². The Morgan fingerprint density at radius 1 is 1.09 bits per heavy atom. The fourth-order valence-corrected chi connectivity index (χ4v) is 2.54. The van der Waals surface area contributed by atoms with E-state index in [1.54, 1.807) is 0 Å². The molecular formula is C19H23N3O. The Hall–Kier alpha value is -2.36. The summed E-state index contributed by atoms with van der Waals surface area (Å²) in [5.74, 6) is 0.631. The average Bonchev–Trinajstić information content (AvgIpc) is 2.91. The van der Waals surface area contributed by atoms with Crippen LogP contribution in [0.5, 0.6) is 0 Å². The molecule has 120 valence electrons. The first kappa shape index (κ1) is 15.5. The van der Waals surface area contributed by atoms with Gasteiger partial charge in [0.1, 0.15) is 0 Å². The lowest BCUT2D eigenvalue weighted by Gasteiger charge is -2.18. The van der Waals surface area contributed by atoms with Gasteiger partial charge in [0.05, 0.1) is 10.7 Å². The van der Waals surface area contributed by atoms with Crippen LogP contribution in [0.4, 0.5) is 5.82 Å². The number of benzene rings is 1. The molecular weight excluding hydrogens is 286 g/mol. The molecule has 4 nitrogen and oxygen atoms in total. The molecule has 0 saturated heterocycles. The van der Waals surface area contributed by atoms with Gasteiger partial charge in [0.25, 0.3) is 0 Å². The molecule has 3 rings (SSSR count). The van der Waals surface area contributed by atoms with Crippen molar-refractivity contribution < 1.29 is 4.52 Å². The molecule has 0 N–H and O–H groups in total. The van der Waals surface area contributed by atoms with Gasteiger partial charge in [-0.15, -0.1) is 0 Å². The van der Waals surface area contributed by atoms with Gasteiger partial charge in [0, 0.05) is 18.9 Å². The second-order valence-corrected chi connectivity index (χ2v) is 7.07. The number of rotatable bonds is 4. The monoisotopic (exact) mass is 309 g/mol. The quantitative estimate of drug-likeness (QED) is 0.702. The fraction of sp³-hybridized carbons (Fsp3) is 0.368. The van der Waals surface area contributed by atoms with Crippen molar-refractivity contribution in [3.05, 3.63) is 54.1 Å². The highest BCUT2D eigenvalue weighted by molar-refractivity contribution is 5.86. The maximum Gasteiger partial charge on any atom is 0.203 e. The Balaban J connectivity index is 1.74. The van der Waals surface area contributed by atoms with E-state index in [-0.39, 0.29) is 0 Å². The van der Waals surface area contributed by atoms with Crippen LogP contribution in [0.25, 0.3) is 11.0 Å². The zero-order valence-electron chi connectivity index (χ0n) is 14.0. The van der Waals surface area contributed by atoms with Gasteiger partial charge in [-0.05, 0) is 42.5 Å². The predicted octanol–water partition coefficient (Wildman–Crippen LogP) is 4.69. The minimum atomic E-state index is 0.393. The van der Waals surface area contributed by atoms with Crippen LogP contribution in [-0.2, 0) is 6.54 Å². The van der Waals surface area contributed by atoms with Crippen molar-refractivity contribution in [2.24, 2.45) is 10.4 Å². The molecule has 2 heterocycles. The van der Waals surface area contributed by atoms with Gasteiger partial charge in [0.2, 0.25) is 5.82 Å². The van der Waals surface area contributed by atoms with Crippen LogP contribution in [-0.4, -0.2) is 9.72 Å². The van der Waals surface area contributed by atoms with Crippen LogP contribution in [0.3, 0.4) is 0 Å². The lowest BCUT2D eigenvalue weighted by Crippen LogP contribution is -2.09. The van der Waals surface area contributed by atoms with E-state index in [0.29, 0.717) is 11.2 Å². The van der Waals surface area contributed by atoms with E-state index in [2.05, 4.69) is 47.9 Å². The standard InChI is InChI=1S/C19H23N3O/c1-19(2,3)11-6-12-22-13-9-15(10-14-22)20-18-16-7-4-5-8-17(16)23-21-18/h4-5,7-10,13-14H,6,11-12H2,1-3H3. The molecule has 1 aromatic carbocycles. The van der Waals surface area contributed by atoms with Gasteiger partial charge in [-0.1, -0.05) is 38.1 Å². The summed E-state index contributed by atoms with van der Waals surface area (Å²) in [6.07, 6.45) is 6.54. The maximum atomic E-state index is 5.28. The van der Waals surface area contributed by atoms with E-state index < -0.39 is 0 Å². The highest BCUT2D eigenvalue weighted by atomic mass is 16.5. The smallest absolute Gasteiger partial charge is 0.203 e. The van der Waals surface area contributed by atoms with Crippen molar-refractivity contribution in [1.29, 1.82) is 0 Å². The van der Waals surface area contributed by atoms with Gasteiger partial charge in [-0.3, -0.25) is 0 Å². The number of aromatic nitrogens is 2. The Labute approximate surface area is 136 Å². The predicted molar refractivity (Wildman–Crippen MR) is 92.4 cm³/mol. The van der Waals surface area contributed by atoms with Crippen molar-refractivity contribution in [2.45, 2.75) is 40.2 Å². The first-order valence-corrected chi connectivity index (χ1v) is 8.07. The summed E-state index contributed by atoms with van der Waals surface area (Å²) in [6, 6.07) is 11.8. The maximum absolute atomic E-state index is 5.28. The average molecular weight is 309 g/mol. The highest BCUT2D eigenvalue weighted by Crippen LogP contribution is 2.24. The van der Waals surface area contributed by atoms with Gasteiger partial charge in [-0.25, -0.2) is 4.99 Å². The molecule has 0 unspecified atom stereocenters. The van der Waals surface area contributed by atoms with Crippen molar-refractivity contribution in [3.63, 3.8) is 0 Å². The van der Waals surface area contributed by atoms with Gasteiger partial charge in [-0.2, -0.15) is 0 Å². The zero-order valence-corrected chi connectivity index (χ0v) is 14.0. The molecule has 2 aromatic heterocycles. The molecule has 0 saturated carbocycles. The second kappa shape index (κ2) is 6.41. The largest absolute Gasteiger partial charge is 0.354 e. The summed E-state index contributed by atoms with van der Waals surface area (Å²) < 4.78 is 7.48. The van der Waals surface area contributed by atoms with Crippen molar-refractivity contribution in [1.82, 2.24) is 9.72 Å². The van der Waals surface area contributed by atoms with Gasteiger partial charge in [0.15, 0.2) is 5.58 Å². The molecule has 0 aliphatic carbocycles. The summed E-state index contributed by atoms with van der Waals surface area (Å²) in [4.78, 5) is 4.57. The third-order valence-corrected chi connectivity index (χ3v) is 3.81. The number of para-hydroxylation sites is 1. The van der Waals surface area contributed by atoms with Crippen molar-refractivity contribution in [3.8, 4) is 0 Å². The lowest BCUT2D eigenvalue weighted by atomic mass is 9.91. The molecule has 0 aliphatic heterocycles. The Kier molecular flexibility index (Phi) is 4.33. The molecule has 0 atom stereocenters. The van der Waals surface area contributed by atoms with E-state index in [1.165, 1.54) is 12.8 Å². The molecule has 3 aromatic rings. The third-order valence-electron chi connectivity index (χ3n) is 3.81. The van der Waals surface area contributed by atoms with E-state index in [4.69, 9.17) is 4.52 Å². The Morgan fingerprint density at radius 2 is 1.83 bits per heavy atom. The van der Waals surface area contributed by atoms with Crippen molar-refractivity contribution >= 4 is 16.8 Å². The van der Waals surface area contributed by atoms with Crippen LogP contribution in [0.15, 0.2) is 58.3 Å². The Morgan fingerprint density at radius 3 is 2.57 bits per heavy atom. The molecule has 0 aliphatic rings. The fourth-order valence-electron chi connectivity index (χ4n) is 2.54. The second-order valence-electron chi connectivity index (χ2n) is 7.07. The molecule has 0 bridgehead atoms. The molecule has 0 spiro atoms. The normalized spacial score (nSPS) is 11.8. The first-order valence-electron chi connectivity index (χ1n) is 8.07. The highest BCUT2D eigenvalue weighted by Gasteiger charge is 2.09. The number of aryl methyl sites for hydroxylation is 1. The number of fused-ring (bicyclic) bond motifs is 1. The summed E-state index contributed by atoms with van der Waals surface area (Å²) in [7, 11) is 0. The van der Waals surface area contributed by atoms with Gasteiger partial charge >= 0.3 is 0 Å². The number of hydrogen-bond acceptors (Lipinski definition) is 3. The number of nitrogens with zero attached hydrogens (tertiary/aromatic N) is 3. The Bertz CT molecular complexity index is 832. The third kappa shape index (κ3) is 4.09. The summed E-state index contributed by atoms with van der Waals surface area (Å²) in [6.45, 7) is 7.87. The van der Waals surface area contributed by atoms with Crippen LogP contribution in [0.2, 0.25) is 0 Å². The van der Waals surface area contributed by atoms with Crippen LogP contribution >= 0.6 is 0 Å². The SMILES string of the molecule is CC(C)(C)CCCn1ccc(=Nc2noc3ccccc23)cc1. The molecule has 0 radical (unpaired) electrons. The first-order chi connectivity index (χ1) is 11.0. The summed E-state index contributed by atoms with van der Waals surface area (Å²) >= 11 is 0. The lowest BCUT2D eigenvalue weighted by molar-refractivity contribution is 0.353.